The minimum Gasteiger partial charge on any atom is -0.338 e. The molecule has 44 heavy (non-hydrogen) atoms. The van der Waals surface area contributed by atoms with Gasteiger partial charge in [0.25, 0.3) is 11.5 Å². The molecule has 1 amide bonds. The van der Waals surface area contributed by atoms with E-state index in [1.165, 1.54) is 23.6 Å². The highest BCUT2D eigenvalue weighted by atomic mass is 16.2. The molecule has 0 unspecified atom stereocenters. The second-order valence-corrected chi connectivity index (χ2v) is 11.3. The maximum absolute atomic E-state index is 13.5. The maximum atomic E-state index is 13.5. The van der Waals surface area contributed by atoms with Gasteiger partial charge < -0.3 is 15.2 Å². The lowest BCUT2D eigenvalue weighted by Gasteiger charge is -2.18. The van der Waals surface area contributed by atoms with Crippen molar-refractivity contribution in [3.05, 3.63) is 111 Å². The van der Waals surface area contributed by atoms with Crippen molar-refractivity contribution in [2.45, 2.75) is 33.2 Å². The van der Waals surface area contributed by atoms with Crippen LogP contribution in [0.1, 0.15) is 50.2 Å². The van der Waals surface area contributed by atoms with Crippen molar-refractivity contribution in [3.8, 4) is 11.1 Å². The van der Waals surface area contributed by atoms with Gasteiger partial charge in [0.05, 0.1) is 0 Å². The molecule has 1 fully saturated rings. The van der Waals surface area contributed by atoms with Crippen LogP contribution >= 0.6 is 0 Å². The van der Waals surface area contributed by atoms with Crippen LogP contribution in [0.3, 0.4) is 0 Å². The lowest BCUT2D eigenvalue weighted by Crippen LogP contribution is -2.29. The van der Waals surface area contributed by atoms with Gasteiger partial charge in [-0.05, 0) is 97.9 Å². The lowest BCUT2D eigenvalue weighted by molar-refractivity contribution is 0.102. The van der Waals surface area contributed by atoms with E-state index in [9.17, 15) is 14.4 Å². The highest BCUT2D eigenvalue weighted by Crippen LogP contribution is 2.35. The van der Waals surface area contributed by atoms with Crippen molar-refractivity contribution in [2.24, 2.45) is 7.05 Å². The largest absolute Gasteiger partial charge is 0.338 e. The molecule has 1 saturated heterocycles. The number of nitrogens with zero attached hydrogens (tertiary/aromatic N) is 4. The summed E-state index contributed by atoms with van der Waals surface area (Å²) in [5.41, 5.74) is 7.25. The fourth-order valence-electron chi connectivity index (χ4n) is 5.91. The molecule has 4 heterocycles. The number of aromatic nitrogens is 3. The first-order valence-electron chi connectivity index (χ1n) is 14.7. The van der Waals surface area contributed by atoms with E-state index in [-0.39, 0.29) is 11.1 Å². The van der Waals surface area contributed by atoms with Crippen LogP contribution in [-0.2, 0) is 13.6 Å². The standard InChI is InChI=1S/C35H34N6O3/c1-22-27(8-6-10-30(22)38-33-32-26(12-13-36-33)16-24(21-42)18-37-32)28-9-7-11-31(23(28)2)39-34(43)29-17-25(19-40(3)35(29)44)20-41-14-4-5-15-41/h6-13,16-19,21H,4-5,14-15,20H2,1-3H3,(H,36,38)(H,39,43). The molecule has 0 aliphatic carbocycles. The number of likely N-dealkylation sites (tertiary alicyclic amines) is 1. The van der Waals surface area contributed by atoms with Crippen molar-refractivity contribution >= 4 is 40.3 Å². The number of fused-ring (bicyclic) bond motifs is 1. The van der Waals surface area contributed by atoms with Crippen molar-refractivity contribution in [1.29, 1.82) is 0 Å². The normalized spacial score (nSPS) is 13.2. The van der Waals surface area contributed by atoms with E-state index < -0.39 is 5.91 Å². The van der Waals surface area contributed by atoms with Gasteiger partial charge in [0.15, 0.2) is 12.1 Å². The Labute approximate surface area is 255 Å². The summed E-state index contributed by atoms with van der Waals surface area (Å²) in [6.07, 6.45) is 8.17. The fraction of sp³-hybridized carbons (Fsp3) is 0.229. The van der Waals surface area contributed by atoms with E-state index >= 15 is 0 Å². The number of carbonyl (C=O) groups is 2. The Balaban J connectivity index is 1.28. The minimum absolute atomic E-state index is 0.132. The summed E-state index contributed by atoms with van der Waals surface area (Å²) in [4.78, 5) is 49.0. The molecule has 9 heteroatoms. The highest BCUT2D eigenvalue weighted by molar-refractivity contribution is 6.05. The zero-order valence-electron chi connectivity index (χ0n) is 25.1. The van der Waals surface area contributed by atoms with Crippen LogP contribution in [0.5, 0.6) is 0 Å². The average molecular weight is 587 g/mol. The first kappa shape index (κ1) is 28.9. The molecular formula is C35H34N6O3. The molecule has 5 aromatic rings. The van der Waals surface area contributed by atoms with Crippen molar-refractivity contribution in [2.75, 3.05) is 23.7 Å². The molecule has 2 aromatic carbocycles. The number of aryl methyl sites for hydroxylation is 1. The van der Waals surface area contributed by atoms with Gasteiger partial charge in [-0.1, -0.05) is 24.3 Å². The molecule has 2 N–H and O–H groups in total. The van der Waals surface area contributed by atoms with Crippen molar-refractivity contribution in [1.82, 2.24) is 19.4 Å². The molecule has 222 valence electrons. The molecule has 0 saturated carbocycles. The Morgan fingerprint density at radius 2 is 1.66 bits per heavy atom. The molecule has 0 atom stereocenters. The predicted molar refractivity (Wildman–Crippen MR) is 174 cm³/mol. The molecule has 1 aliphatic rings. The maximum Gasteiger partial charge on any atom is 0.263 e. The van der Waals surface area contributed by atoms with Crippen LogP contribution in [0.4, 0.5) is 17.2 Å². The number of carbonyl (C=O) groups excluding carboxylic acids is 2. The third-order valence-corrected chi connectivity index (χ3v) is 8.30. The van der Waals surface area contributed by atoms with Crippen LogP contribution in [0, 0.1) is 13.8 Å². The first-order valence-corrected chi connectivity index (χ1v) is 14.7. The summed E-state index contributed by atoms with van der Waals surface area (Å²) in [5, 5.41) is 7.24. The number of anilines is 3. The molecule has 0 radical (unpaired) electrons. The number of hydrogen-bond acceptors (Lipinski definition) is 7. The number of rotatable bonds is 8. The second-order valence-electron chi connectivity index (χ2n) is 11.3. The van der Waals surface area contributed by atoms with E-state index in [1.807, 2.05) is 62.5 Å². The number of nitrogens with one attached hydrogen (secondary N) is 2. The zero-order valence-corrected chi connectivity index (χ0v) is 25.1. The van der Waals surface area contributed by atoms with E-state index in [0.29, 0.717) is 22.6 Å². The van der Waals surface area contributed by atoms with Crippen LogP contribution in [-0.4, -0.2) is 44.7 Å². The predicted octanol–water partition coefficient (Wildman–Crippen LogP) is 6.02. The zero-order chi connectivity index (χ0) is 30.8. The number of hydrogen-bond donors (Lipinski definition) is 2. The van der Waals surface area contributed by atoms with Gasteiger partial charge in [0.2, 0.25) is 0 Å². The van der Waals surface area contributed by atoms with Gasteiger partial charge in [-0.3, -0.25) is 24.3 Å². The van der Waals surface area contributed by atoms with Crippen molar-refractivity contribution < 1.29 is 9.59 Å². The number of benzene rings is 2. The topological polar surface area (TPSA) is 109 Å². The third-order valence-electron chi connectivity index (χ3n) is 8.30. The molecule has 3 aromatic heterocycles. The monoisotopic (exact) mass is 586 g/mol. The number of aldehydes is 1. The highest BCUT2D eigenvalue weighted by Gasteiger charge is 2.19. The Hall–Kier alpha value is -5.15. The van der Waals surface area contributed by atoms with E-state index in [1.54, 1.807) is 25.4 Å². The molecule has 6 rings (SSSR count). The van der Waals surface area contributed by atoms with Crippen LogP contribution < -0.4 is 16.2 Å². The second kappa shape index (κ2) is 12.2. The van der Waals surface area contributed by atoms with E-state index in [2.05, 4.69) is 25.5 Å². The summed E-state index contributed by atoms with van der Waals surface area (Å²) in [5.74, 6) is 0.167. The summed E-state index contributed by atoms with van der Waals surface area (Å²) < 4.78 is 1.49. The molecule has 1 aliphatic heterocycles. The minimum atomic E-state index is -0.423. The first-order chi connectivity index (χ1) is 21.3. The fourth-order valence-corrected chi connectivity index (χ4v) is 5.91. The van der Waals surface area contributed by atoms with Crippen LogP contribution in [0.25, 0.3) is 22.0 Å². The van der Waals surface area contributed by atoms with Gasteiger partial charge in [-0.15, -0.1) is 0 Å². The van der Waals surface area contributed by atoms with E-state index in [4.69, 9.17) is 0 Å². The third kappa shape index (κ3) is 5.74. The van der Waals surface area contributed by atoms with Gasteiger partial charge in [0, 0.05) is 54.5 Å². The quantitative estimate of drug-likeness (QED) is 0.214. The molecule has 9 nitrogen and oxygen atoms in total. The lowest BCUT2D eigenvalue weighted by atomic mass is 9.94. The Bertz CT molecular complexity index is 1960. The van der Waals surface area contributed by atoms with Gasteiger partial charge in [-0.2, -0.15) is 0 Å². The average Bonchev–Trinajstić information content (AvgIpc) is 3.54. The number of pyridine rings is 3. The molecular weight excluding hydrogens is 552 g/mol. The smallest absolute Gasteiger partial charge is 0.263 e. The Kier molecular flexibility index (Phi) is 8.04. The molecule has 0 spiro atoms. The summed E-state index contributed by atoms with van der Waals surface area (Å²) in [7, 11) is 1.69. The summed E-state index contributed by atoms with van der Waals surface area (Å²) in [6.45, 7) is 6.78. The SMILES string of the molecule is Cc1c(NC(=O)c2cc(CN3CCCC3)cn(C)c2=O)cccc1-c1cccc(Nc2nccc3cc(C=O)cnc23)c1C. The van der Waals surface area contributed by atoms with Crippen molar-refractivity contribution in [3.63, 3.8) is 0 Å². The van der Waals surface area contributed by atoms with Crippen LogP contribution in [0.2, 0.25) is 0 Å². The van der Waals surface area contributed by atoms with Gasteiger partial charge in [-0.25, -0.2) is 4.98 Å². The van der Waals surface area contributed by atoms with Gasteiger partial charge >= 0.3 is 0 Å². The molecule has 0 bridgehead atoms. The number of amides is 1. The van der Waals surface area contributed by atoms with Gasteiger partial charge in [0.1, 0.15) is 11.1 Å². The summed E-state index contributed by atoms with van der Waals surface area (Å²) >= 11 is 0. The Morgan fingerprint density at radius 1 is 0.955 bits per heavy atom. The van der Waals surface area contributed by atoms with E-state index in [0.717, 1.165) is 64.8 Å². The van der Waals surface area contributed by atoms with Crippen LogP contribution in [0.15, 0.2) is 78.0 Å². The Morgan fingerprint density at radius 3 is 2.39 bits per heavy atom. The summed E-state index contributed by atoms with van der Waals surface area (Å²) in [6, 6.07) is 17.1.